The Labute approximate surface area is 208 Å². The number of rotatable bonds is 5. The highest BCUT2D eigenvalue weighted by Crippen LogP contribution is 2.63. The van der Waals surface area contributed by atoms with Crippen LogP contribution in [-0.4, -0.2) is 76.4 Å². The molecule has 8 nitrogen and oxygen atoms in total. The summed E-state index contributed by atoms with van der Waals surface area (Å²) >= 11 is 0. The Hall–Kier alpha value is -1.29. The maximum Gasteiger partial charge on any atom is 0.302 e. The van der Waals surface area contributed by atoms with Crippen LogP contribution in [0.1, 0.15) is 66.7 Å². The quantitative estimate of drug-likeness (QED) is 0.339. The van der Waals surface area contributed by atoms with E-state index in [1.165, 1.54) is 18.1 Å². The van der Waals surface area contributed by atoms with Crippen molar-refractivity contribution in [2.45, 2.75) is 104 Å². The van der Waals surface area contributed by atoms with Gasteiger partial charge in [0.25, 0.3) is 0 Å². The van der Waals surface area contributed by atoms with E-state index in [1.54, 1.807) is 0 Å². The molecule has 0 spiro atoms. The Bertz CT molecular complexity index is 880. The summed E-state index contributed by atoms with van der Waals surface area (Å²) in [5, 5.41) is 42.0. The van der Waals surface area contributed by atoms with E-state index in [4.69, 9.17) is 14.2 Å². The Morgan fingerprint density at radius 2 is 1.86 bits per heavy atom. The third kappa shape index (κ3) is 4.86. The monoisotopic (exact) mass is 494 g/mol. The second-order valence-electron chi connectivity index (χ2n) is 11.8. The highest BCUT2D eigenvalue weighted by molar-refractivity contribution is 5.66. The van der Waals surface area contributed by atoms with Gasteiger partial charge in [0.05, 0.1) is 18.8 Å². The molecule has 0 aromatic rings. The zero-order valence-electron chi connectivity index (χ0n) is 21.6. The molecule has 0 aromatic carbocycles. The molecule has 0 radical (unpaired) electrons. The maximum absolute atomic E-state index is 11.5. The summed E-state index contributed by atoms with van der Waals surface area (Å²) in [4.78, 5) is 11.5. The van der Waals surface area contributed by atoms with Crippen molar-refractivity contribution in [2.75, 3.05) is 13.2 Å². The molecule has 3 aliphatic carbocycles. The molecule has 35 heavy (non-hydrogen) atoms. The molecule has 4 N–H and O–H groups in total. The van der Waals surface area contributed by atoms with Crippen LogP contribution in [0.5, 0.6) is 0 Å². The minimum absolute atomic E-state index is 0.0310. The fourth-order valence-corrected chi connectivity index (χ4v) is 6.79. The lowest BCUT2D eigenvalue weighted by Gasteiger charge is -2.53. The third-order valence-corrected chi connectivity index (χ3v) is 9.08. The molecule has 0 bridgehead atoms. The topological polar surface area (TPSA) is 126 Å². The van der Waals surface area contributed by atoms with Gasteiger partial charge in [-0.1, -0.05) is 44.9 Å². The lowest BCUT2D eigenvalue weighted by molar-refractivity contribution is -0.289. The number of esters is 1. The van der Waals surface area contributed by atoms with E-state index in [9.17, 15) is 25.2 Å². The van der Waals surface area contributed by atoms with Crippen molar-refractivity contribution in [3.8, 4) is 0 Å². The maximum atomic E-state index is 11.5. The van der Waals surface area contributed by atoms with Crippen molar-refractivity contribution in [1.82, 2.24) is 0 Å². The highest BCUT2D eigenvalue weighted by atomic mass is 16.7. The predicted molar refractivity (Wildman–Crippen MR) is 128 cm³/mol. The fraction of sp³-hybridized carbons (Fsp3) is 0.815. The average Bonchev–Trinajstić information content (AvgIpc) is 3.10. The van der Waals surface area contributed by atoms with Crippen LogP contribution in [0.3, 0.4) is 0 Å². The van der Waals surface area contributed by atoms with E-state index in [2.05, 4.69) is 27.7 Å². The number of carbonyl (C=O) groups is 1. The molecule has 198 valence electrons. The van der Waals surface area contributed by atoms with Crippen LogP contribution >= 0.6 is 0 Å². The lowest BCUT2D eigenvalue weighted by atomic mass is 9.54. The molecule has 2 fully saturated rings. The lowest BCUT2D eigenvalue weighted by Crippen LogP contribution is -2.56. The van der Waals surface area contributed by atoms with E-state index in [-0.39, 0.29) is 24.5 Å². The summed E-state index contributed by atoms with van der Waals surface area (Å²) in [5.41, 5.74) is 3.12. The first-order chi connectivity index (χ1) is 16.4. The standard InChI is InChI=1S/C27H42O8/c1-14(2)17-6-7-26(4)8-9-27(5)18(22(17)26)11-19(29)16(12-33-15(3)28)10-21(27)35-25-24(32)23(31)20(30)13-34-25/h10,14,18-21,23-25,29-32H,6-9,11-13H2,1-5H3/t18?,19?,20-,21+,23+,24-,25+,26-,27-/m1/s1. The molecular weight excluding hydrogens is 452 g/mol. The summed E-state index contributed by atoms with van der Waals surface area (Å²) in [6.45, 7) is 10.1. The second kappa shape index (κ2) is 9.88. The first-order valence-electron chi connectivity index (χ1n) is 12.9. The Morgan fingerprint density at radius 1 is 1.14 bits per heavy atom. The van der Waals surface area contributed by atoms with E-state index in [0.717, 1.165) is 25.7 Å². The molecule has 1 aliphatic heterocycles. The molecular formula is C27H42O8. The first kappa shape index (κ1) is 26.8. The van der Waals surface area contributed by atoms with Crippen LogP contribution in [0.4, 0.5) is 0 Å². The van der Waals surface area contributed by atoms with Crippen molar-refractivity contribution in [3.63, 3.8) is 0 Å². The molecule has 1 saturated carbocycles. The van der Waals surface area contributed by atoms with Crippen LogP contribution < -0.4 is 0 Å². The number of hydrogen-bond donors (Lipinski definition) is 4. The number of aliphatic hydroxyl groups is 4. The molecule has 4 rings (SSSR count). The van der Waals surface area contributed by atoms with Gasteiger partial charge in [0.15, 0.2) is 6.29 Å². The average molecular weight is 495 g/mol. The molecule has 8 heteroatoms. The van der Waals surface area contributed by atoms with Gasteiger partial charge >= 0.3 is 5.97 Å². The van der Waals surface area contributed by atoms with Crippen LogP contribution in [0.2, 0.25) is 0 Å². The van der Waals surface area contributed by atoms with Crippen LogP contribution in [0, 0.1) is 22.7 Å². The Kier molecular flexibility index (Phi) is 7.55. The van der Waals surface area contributed by atoms with Gasteiger partial charge in [0.2, 0.25) is 0 Å². The predicted octanol–water partition coefficient (Wildman–Crippen LogP) is 2.23. The Balaban J connectivity index is 1.75. The van der Waals surface area contributed by atoms with E-state index in [0.29, 0.717) is 17.9 Å². The normalized spacial score (nSPS) is 43.9. The van der Waals surface area contributed by atoms with Crippen molar-refractivity contribution >= 4 is 5.97 Å². The Morgan fingerprint density at radius 3 is 2.51 bits per heavy atom. The summed E-state index contributed by atoms with van der Waals surface area (Å²) in [6.07, 6.45) is -0.150. The van der Waals surface area contributed by atoms with Crippen LogP contribution in [-0.2, 0) is 19.0 Å². The van der Waals surface area contributed by atoms with Crippen LogP contribution in [0.15, 0.2) is 22.8 Å². The van der Waals surface area contributed by atoms with Gasteiger partial charge < -0.3 is 34.6 Å². The molecule has 1 heterocycles. The highest BCUT2D eigenvalue weighted by Gasteiger charge is 2.56. The fourth-order valence-electron chi connectivity index (χ4n) is 6.79. The summed E-state index contributed by atoms with van der Waals surface area (Å²) in [7, 11) is 0. The number of allylic oxidation sites excluding steroid dienone is 2. The van der Waals surface area contributed by atoms with Crippen molar-refractivity contribution in [1.29, 1.82) is 0 Å². The number of carbonyl (C=O) groups excluding carboxylic acids is 1. The van der Waals surface area contributed by atoms with Crippen molar-refractivity contribution < 1.29 is 39.4 Å². The summed E-state index contributed by atoms with van der Waals surface area (Å²) in [6, 6.07) is 0. The molecule has 4 aliphatic rings. The smallest absolute Gasteiger partial charge is 0.302 e. The zero-order valence-corrected chi connectivity index (χ0v) is 21.6. The van der Waals surface area contributed by atoms with Gasteiger partial charge in [-0.05, 0) is 54.9 Å². The molecule has 9 atom stereocenters. The SMILES string of the molecule is CC(=O)OCC1=C[C@H](O[C@@H]2OC[C@@H](O)[C@H](O)[C@H]2O)[C@]2(C)CC[C@@]3(C)CCC(C(C)C)=C3C2CC1O. The molecule has 0 amide bonds. The third-order valence-electron chi connectivity index (χ3n) is 9.08. The number of hydrogen-bond acceptors (Lipinski definition) is 8. The van der Waals surface area contributed by atoms with Gasteiger partial charge in [0, 0.05) is 12.3 Å². The number of aliphatic hydroxyl groups excluding tert-OH is 4. The molecule has 0 aromatic heterocycles. The zero-order chi connectivity index (χ0) is 25.7. The first-order valence-corrected chi connectivity index (χ1v) is 12.9. The molecule has 1 saturated heterocycles. The summed E-state index contributed by atoms with van der Waals surface area (Å²) < 4.78 is 17.2. The van der Waals surface area contributed by atoms with Crippen molar-refractivity contribution in [3.05, 3.63) is 22.8 Å². The van der Waals surface area contributed by atoms with Gasteiger partial charge in [0.1, 0.15) is 24.9 Å². The van der Waals surface area contributed by atoms with Gasteiger partial charge in [-0.15, -0.1) is 0 Å². The van der Waals surface area contributed by atoms with E-state index >= 15 is 0 Å². The summed E-state index contributed by atoms with van der Waals surface area (Å²) in [5.74, 6) is 0.00536. The van der Waals surface area contributed by atoms with Gasteiger partial charge in [-0.3, -0.25) is 4.79 Å². The number of ether oxygens (including phenoxy) is 3. The van der Waals surface area contributed by atoms with Gasteiger partial charge in [-0.25, -0.2) is 0 Å². The van der Waals surface area contributed by atoms with Crippen molar-refractivity contribution in [2.24, 2.45) is 22.7 Å². The minimum atomic E-state index is -1.41. The van der Waals surface area contributed by atoms with Crippen LogP contribution in [0.25, 0.3) is 0 Å². The van der Waals surface area contributed by atoms with E-state index < -0.39 is 48.2 Å². The largest absolute Gasteiger partial charge is 0.461 e. The van der Waals surface area contributed by atoms with Gasteiger partial charge in [-0.2, -0.15) is 0 Å². The minimum Gasteiger partial charge on any atom is -0.461 e. The number of fused-ring (bicyclic) bond motifs is 3. The van der Waals surface area contributed by atoms with E-state index in [1.807, 2.05) is 6.08 Å². The second-order valence-corrected chi connectivity index (χ2v) is 11.8. The molecule has 2 unspecified atom stereocenters.